The first kappa shape index (κ1) is 14.5. The van der Waals surface area contributed by atoms with E-state index >= 15 is 0 Å². The van der Waals surface area contributed by atoms with Crippen LogP contribution in [-0.4, -0.2) is 6.36 Å². The van der Waals surface area contributed by atoms with Crippen LogP contribution in [0.1, 0.15) is 0 Å². The third kappa shape index (κ3) is 3.80. The Balaban J connectivity index is 2.19. The van der Waals surface area contributed by atoms with Crippen molar-refractivity contribution in [2.45, 2.75) is 6.36 Å². The molecule has 0 aliphatic heterocycles. The summed E-state index contributed by atoms with van der Waals surface area (Å²) >= 11 is 3.04. The van der Waals surface area contributed by atoms with Gasteiger partial charge in [0.1, 0.15) is 5.75 Å². The lowest BCUT2D eigenvalue weighted by Crippen LogP contribution is -2.17. The molecule has 0 atom stereocenters. The van der Waals surface area contributed by atoms with E-state index in [2.05, 4.69) is 26.0 Å². The van der Waals surface area contributed by atoms with Gasteiger partial charge in [0, 0.05) is 5.69 Å². The molecular formula is C13H10BrF3N2O. The number of nitrogens with two attached hydrogens (primary N) is 1. The lowest BCUT2D eigenvalue weighted by molar-refractivity contribution is -0.274. The molecule has 2 aromatic rings. The lowest BCUT2D eigenvalue weighted by atomic mass is 10.2. The number of nitrogen functional groups attached to an aromatic ring is 1. The van der Waals surface area contributed by atoms with Gasteiger partial charge in [0.05, 0.1) is 15.8 Å². The molecular weight excluding hydrogens is 337 g/mol. The van der Waals surface area contributed by atoms with Crippen molar-refractivity contribution in [1.82, 2.24) is 0 Å². The lowest BCUT2D eigenvalue weighted by Gasteiger charge is -2.13. The monoisotopic (exact) mass is 346 g/mol. The second kappa shape index (κ2) is 5.62. The van der Waals surface area contributed by atoms with Crippen LogP contribution in [0.5, 0.6) is 5.75 Å². The van der Waals surface area contributed by atoms with Crippen molar-refractivity contribution in [1.29, 1.82) is 0 Å². The minimum atomic E-state index is -4.72. The molecule has 0 saturated carbocycles. The summed E-state index contributed by atoms with van der Waals surface area (Å²) in [5, 5.41) is 3.01. The fraction of sp³-hybridized carbons (Fsp3) is 0.0769. The van der Waals surface area contributed by atoms with E-state index < -0.39 is 6.36 Å². The first-order chi connectivity index (χ1) is 9.35. The van der Waals surface area contributed by atoms with Gasteiger partial charge in [0.15, 0.2) is 0 Å². The van der Waals surface area contributed by atoms with Crippen LogP contribution in [0.15, 0.2) is 46.9 Å². The SMILES string of the molecule is Nc1ccccc1Nc1ccc(OC(F)(F)F)c(Br)c1. The Morgan fingerprint density at radius 2 is 1.80 bits per heavy atom. The summed E-state index contributed by atoms with van der Waals surface area (Å²) in [5.74, 6) is -0.302. The summed E-state index contributed by atoms with van der Waals surface area (Å²) < 4.78 is 40.5. The van der Waals surface area contributed by atoms with Gasteiger partial charge in [0.25, 0.3) is 0 Å². The number of ether oxygens (including phenoxy) is 1. The third-order valence-corrected chi connectivity index (χ3v) is 3.02. The third-order valence-electron chi connectivity index (χ3n) is 2.40. The normalized spacial score (nSPS) is 11.2. The standard InChI is InChI=1S/C13H10BrF3N2O/c14-9-7-8(5-6-12(9)20-13(15,16)17)19-11-4-2-1-3-10(11)18/h1-7,19H,18H2. The second-order valence-electron chi connectivity index (χ2n) is 3.91. The predicted molar refractivity (Wildman–Crippen MR) is 75.0 cm³/mol. The van der Waals surface area contributed by atoms with E-state index in [9.17, 15) is 13.2 Å². The highest BCUT2D eigenvalue weighted by Crippen LogP contribution is 2.33. The van der Waals surface area contributed by atoms with Crippen LogP contribution < -0.4 is 15.8 Å². The summed E-state index contributed by atoms with van der Waals surface area (Å²) in [7, 11) is 0. The average molecular weight is 347 g/mol. The van der Waals surface area contributed by atoms with Crippen molar-refractivity contribution < 1.29 is 17.9 Å². The van der Waals surface area contributed by atoms with E-state index in [4.69, 9.17) is 5.73 Å². The Labute approximate surface area is 121 Å². The maximum atomic E-state index is 12.1. The minimum absolute atomic E-state index is 0.189. The number of benzene rings is 2. The molecule has 2 rings (SSSR count). The zero-order valence-corrected chi connectivity index (χ0v) is 11.6. The number of hydrogen-bond acceptors (Lipinski definition) is 3. The maximum Gasteiger partial charge on any atom is 0.573 e. The van der Waals surface area contributed by atoms with Gasteiger partial charge in [0.2, 0.25) is 0 Å². The zero-order chi connectivity index (χ0) is 14.8. The second-order valence-corrected chi connectivity index (χ2v) is 4.76. The van der Waals surface area contributed by atoms with Crippen LogP contribution in [-0.2, 0) is 0 Å². The zero-order valence-electron chi connectivity index (χ0n) is 10.0. The van der Waals surface area contributed by atoms with Crippen LogP contribution in [0.2, 0.25) is 0 Å². The van der Waals surface area contributed by atoms with E-state index in [0.29, 0.717) is 17.1 Å². The Morgan fingerprint density at radius 3 is 2.40 bits per heavy atom. The van der Waals surface area contributed by atoms with Crippen LogP contribution in [0, 0.1) is 0 Å². The molecule has 0 bridgehead atoms. The van der Waals surface area contributed by atoms with E-state index in [-0.39, 0.29) is 10.2 Å². The molecule has 2 aromatic carbocycles. The highest BCUT2D eigenvalue weighted by molar-refractivity contribution is 9.10. The molecule has 0 radical (unpaired) electrons. The number of para-hydroxylation sites is 2. The molecule has 20 heavy (non-hydrogen) atoms. The van der Waals surface area contributed by atoms with Gasteiger partial charge < -0.3 is 15.8 Å². The maximum absolute atomic E-state index is 12.1. The quantitative estimate of drug-likeness (QED) is 0.793. The largest absolute Gasteiger partial charge is 0.573 e. The van der Waals surface area contributed by atoms with Crippen molar-refractivity contribution in [3.05, 3.63) is 46.9 Å². The van der Waals surface area contributed by atoms with Gasteiger partial charge in [-0.05, 0) is 46.3 Å². The van der Waals surface area contributed by atoms with E-state index in [1.165, 1.54) is 18.2 Å². The number of anilines is 3. The smallest absolute Gasteiger partial charge is 0.405 e. The van der Waals surface area contributed by atoms with Crippen molar-refractivity contribution >= 4 is 33.0 Å². The molecule has 106 valence electrons. The van der Waals surface area contributed by atoms with Crippen LogP contribution in [0.25, 0.3) is 0 Å². The van der Waals surface area contributed by atoms with Gasteiger partial charge in [-0.2, -0.15) is 0 Å². The predicted octanol–water partition coefficient (Wildman–Crippen LogP) is 4.67. The number of nitrogens with one attached hydrogen (secondary N) is 1. The Morgan fingerprint density at radius 1 is 1.10 bits per heavy atom. The van der Waals surface area contributed by atoms with Gasteiger partial charge >= 0.3 is 6.36 Å². The number of hydrogen-bond donors (Lipinski definition) is 2. The fourth-order valence-corrected chi connectivity index (χ4v) is 2.01. The topological polar surface area (TPSA) is 47.3 Å². The molecule has 0 unspecified atom stereocenters. The first-order valence-electron chi connectivity index (χ1n) is 5.52. The number of rotatable bonds is 3. The number of halogens is 4. The first-order valence-corrected chi connectivity index (χ1v) is 6.31. The van der Waals surface area contributed by atoms with Crippen molar-refractivity contribution in [2.24, 2.45) is 0 Å². The molecule has 3 nitrogen and oxygen atoms in total. The highest BCUT2D eigenvalue weighted by Gasteiger charge is 2.31. The summed E-state index contributed by atoms with van der Waals surface area (Å²) in [6, 6.07) is 11.2. The van der Waals surface area contributed by atoms with Gasteiger partial charge in [-0.15, -0.1) is 13.2 Å². The molecule has 0 fully saturated rings. The Hall–Kier alpha value is -1.89. The Bertz CT molecular complexity index is 617. The molecule has 0 amide bonds. The van der Waals surface area contributed by atoms with E-state index in [1.807, 2.05) is 0 Å². The summed E-state index contributed by atoms with van der Waals surface area (Å²) in [4.78, 5) is 0. The molecule has 0 saturated heterocycles. The molecule has 0 aliphatic rings. The van der Waals surface area contributed by atoms with Gasteiger partial charge in [-0.1, -0.05) is 12.1 Å². The minimum Gasteiger partial charge on any atom is -0.405 e. The number of alkyl halides is 3. The summed E-state index contributed by atoms with van der Waals surface area (Å²) in [6.07, 6.45) is -4.72. The van der Waals surface area contributed by atoms with Crippen LogP contribution in [0.3, 0.4) is 0 Å². The molecule has 0 aromatic heterocycles. The molecule has 7 heteroatoms. The fourth-order valence-electron chi connectivity index (χ4n) is 1.55. The van der Waals surface area contributed by atoms with E-state index in [0.717, 1.165) is 0 Å². The molecule has 0 spiro atoms. The van der Waals surface area contributed by atoms with E-state index in [1.54, 1.807) is 24.3 Å². The summed E-state index contributed by atoms with van der Waals surface area (Å²) in [6.45, 7) is 0. The summed E-state index contributed by atoms with van der Waals surface area (Å²) in [5.41, 5.74) is 7.57. The average Bonchev–Trinajstić information content (AvgIpc) is 2.34. The Kier molecular flexibility index (Phi) is 4.08. The molecule has 0 aliphatic carbocycles. The molecule has 3 N–H and O–H groups in total. The van der Waals surface area contributed by atoms with Gasteiger partial charge in [-0.3, -0.25) is 0 Å². The van der Waals surface area contributed by atoms with Crippen molar-refractivity contribution in [3.63, 3.8) is 0 Å². The highest BCUT2D eigenvalue weighted by atomic mass is 79.9. The van der Waals surface area contributed by atoms with Crippen LogP contribution in [0.4, 0.5) is 30.2 Å². The molecule has 0 heterocycles. The van der Waals surface area contributed by atoms with Crippen LogP contribution >= 0.6 is 15.9 Å². The van der Waals surface area contributed by atoms with Crippen molar-refractivity contribution in [3.8, 4) is 5.75 Å². The van der Waals surface area contributed by atoms with Crippen molar-refractivity contribution in [2.75, 3.05) is 11.1 Å². The van der Waals surface area contributed by atoms with Gasteiger partial charge in [-0.25, -0.2) is 0 Å².